The van der Waals surface area contributed by atoms with E-state index in [4.69, 9.17) is 4.74 Å². The molecule has 2 aliphatic rings. The van der Waals surface area contributed by atoms with Crippen molar-refractivity contribution in [1.29, 1.82) is 0 Å². The number of pyridine rings is 1. The summed E-state index contributed by atoms with van der Waals surface area (Å²) in [5, 5.41) is 0. The summed E-state index contributed by atoms with van der Waals surface area (Å²) in [6.45, 7) is 3.39. The van der Waals surface area contributed by atoms with Crippen molar-refractivity contribution in [2.45, 2.75) is 16.9 Å². The van der Waals surface area contributed by atoms with Gasteiger partial charge in [-0.1, -0.05) is 0 Å². The van der Waals surface area contributed by atoms with Crippen LogP contribution in [0, 0.1) is 0 Å². The van der Waals surface area contributed by atoms with Crippen molar-refractivity contribution in [2.24, 2.45) is 0 Å². The van der Waals surface area contributed by atoms with Crippen LogP contribution in [0.5, 0.6) is 0 Å². The smallest absolute Gasteiger partial charge is 0.379 e. The molecule has 1 aromatic heterocycles. The molecule has 0 bridgehead atoms. The van der Waals surface area contributed by atoms with E-state index in [-0.39, 0.29) is 18.9 Å². The molecule has 10 nitrogen and oxygen atoms in total. The summed E-state index contributed by atoms with van der Waals surface area (Å²) in [4.78, 5) is 7.27. The molecule has 4 rings (SSSR count). The van der Waals surface area contributed by atoms with Crippen LogP contribution in [0.15, 0.2) is 47.5 Å². The Hall–Kier alpha value is -2.46. The van der Waals surface area contributed by atoms with Gasteiger partial charge in [0.2, 0.25) is 0 Å². The second-order valence-corrected chi connectivity index (χ2v) is 11.7. The predicted molar refractivity (Wildman–Crippen MR) is 121 cm³/mol. The maximum Gasteiger partial charge on any atom is 0.501 e. The van der Waals surface area contributed by atoms with Gasteiger partial charge in [-0.2, -0.15) is 25.9 Å². The number of ether oxygens (including phenoxy) is 1. The van der Waals surface area contributed by atoms with Gasteiger partial charge in [0.05, 0.1) is 24.8 Å². The number of anilines is 2. The van der Waals surface area contributed by atoms with Crippen molar-refractivity contribution in [1.82, 2.24) is 14.2 Å². The number of hydrogen-bond acceptors (Lipinski definition) is 8. The normalized spacial score (nSPS) is 18.7. The minimum atomic E-state index is -5.39. The molecule has 0 radical (unpaired) electrons. The lowest BCUT2D eigenvalue weighted by Gasteiger charge is -2.26. The molecule has 0 aliphatic carbocycles. The summed E-state index contributed by atoms with van der Waals surface area (Å²) < 4.78 is 95.4. The number of morpholine rings is 1. The lowest BCUT2D eigenvalue weighted by molar-refractivity contribution is -0.0436. The Morgan fingerprint density at radius 1 is 0.971 bits per heavy atom. The fourth-order valence-corrected chi connectivity index (χ4v) is 5.72. The fourth-order valence-electron chi connectivity index (χ4n) is 3.82. The average Bonchev–Trinajstić information content (AvgIpc) is 3.27. The zero-order valence-corrected chi connectivity index (χ0v) is 20.1. The van der Waals surface area contributed by atoms with E-state index >= 15 is 0 Å². The molecule has 1 N–H and O–H groups in total. The molecule has 0 unspecified atom stereocenters. The molecule has 0 amide bonds. The number of benzene rings is 1. The first-order valence-electron chi connectivity index (χ1n) is 10.6. The van der Waals surface area contributed by atoms with Gasteiger partial charge in [0.25, 0.3) is 9.84 Å². The molecule has 3 heterocycles. The minimum Gasteiger partial charge on any atom is -0.379 e. The van der Waals surface area contributed by atoms with Crippen molar-refractivity contribution in [3.63, 3.8) is 0 Å². The van der Waals surface area contributed by atoms with E-state index in [9.17, 15) is 30.0 Å². The number of rotatable bonds is 7. The number of halogens is 3. The Kier molecular flexibility index (Phi) is 7.24. The Morgan fingerprint density at radius 2 is 1.66 bits per heavy atom. The lowest BCUT2D eigenvalue weighted by atomic mass is 10.2. The van der Waals surface area contributed by atoms with Crippen molar-refractivity contribution in [3.8, 4) is 0 Å². The number of sulfone groups is 1. The highest BCUT2D eigenvalue weighted by atomic mass is 32.2. The SMILES string of the molecule is O=S(=O)(Nc1cc(CN2CCN(c3ccc(S(=O)(=O)C(F)(F)F)cc3)C2)ccn1)N1CCOCC1. The summed E-state index contributed by atoms with van der Waals surface area (Å²) in [6.07, 6.45) is 1.51. The predicted octanol–water partition coefficient (Wildman–Crippen LogP) is 1.64. The van der Waals surface area contributed by atoms with E-state index in [0.717, 1.165) is 17.7 Å². The first kappa shape index (κ1) is 25.6. The van der Waals surface area contributed by atoms with Crippen molar-refractivity contribution < 1.29 is 34.7 Å². The molecule has 0 saturated carbocycles. The molecule has 1 aromatic carbocycles. The molecule has 2 fully saturated rings. The van der Waals surface area contributed by atoms with Crippen LogP contribution in [0.3, 0.4) is 0 Å². The van der Waals surface area contributed by atoms with E-state index in [1.807, 2.05) is 4.90 Å². The maximum absolute atomic E-state index is 12.7. The fraction of sp³-hybridized carbons (Fsp3) is 0.450. The molecule has 192 valence electrons. The third-order valence-electron chi connectivity index (χ3n) is 5.65. The molecule has 0 atom stereocenters. The van der Waals surface area contributed by atoms with Gasteiger partial charge < -0.3 is 9.64 Å². The van der Waals surface area contributed by atoms with Gasteiger partial charge in [-0.25, -0.2) is 13.4 Å². The molecule has 2 saturated heterocycles. The van der Waals surface area contributed by atoms with Crippen LogP contribution in [0.1, 0.15) is 5.56 Å². The minimum absolute atomic E-state index is 0.200. The van der Waals surface area contributed by atoms with Crippen LogP contribution >= 0.6 is 0 Å². The van der Waals surface area contributed by atoms with Crippen LogP contribution in [-0.4, -0.2) is 82.6 Å². The Labute approximate surface area is 201 Å². The van der Waals surface area contributed by atoms with Gasteiger partial charge in [-0.15, -0.1) is 0 Å². The standard InChI is InChI=1S/C20H24F3N5O5S2/c21-20(22,23)34(29,30)18-3-1-17(2-4-18)27-8-7-26(15-27)14-16-5-6-24-19(13-16)25-35(31,32)28-9-11-33-12-10-28/h1-6,13H,7-12,14-15H2,(H,24,25). The molecular formula is C20H24F3N5O5S2. The van der Waals surface area contributed by atoms with Crippen LogP contribution < -0.4 is 9.62 Å². The highest BCUT2D eigenvalue weighted by Crippen LogP contribution is 2.31. The van der Waals surface area contributed by atoms with E-state index in [1.54, 1.807) is 12.1 Å². The maximum atomic E-state index is 12.7. The summed E-state index contributed by atoms with van der Waals surface area (Å²) >= 11 is 0. The van der Waals surface area contributed by atoms with Gasteiger partial charge in [-0.3, -0.25) is 9.62 Å². The zero-order valence-electron chi connectivity index (χ0n) is 18.5. The molecule has 15 heteroatoms. The summed E-state index contributed by atoms with van der Waals surface area (Å²) in [5.74, 6) is 0.200. The lowest BCUT2D eigenvalue weighted by Crippen LogP contribution is -2.43. The quantitative estimate of drug-likeness (QED) is 0.570. The van der Waals surface area contributed by atoms with Gasteiger partial charge >= 0.3 is 15.7 Å². The Balaban J connectivity index is 1.37. The van der Waals surface area contributed by atoms with Crippen molar-refractivity contribution in [2.75, 3.05) is 55.7 Å². The number of nitrogens with one attached hydrogen (secondary N) is 1. The second kappa shape index (κ2) is 9.89. The molecule has 2 aromatic rings. The van der Waals surface area contributed by atoms with E-state index in [0.29, 0.717) is 45.2 Å². The van der Waals surface area contributed by atoms with E-state index in [2.05, 4.69) is 14.6 Å². The van der Waals surface area contributed by atoms with Gasteiger partial charge in [0, 0.05) is 44.6 Å². The first-order valence-corrected chi connectivity index (χ1v) is 13.6. The highest BCUT2D eigenvalue weighted by Gasteiger charge is 2.46. The summed E-state index contributed by atoms with van der Waals surface area (Å²) in [6, 6.07) is 8.04. The first-order chi connectivity index (χ1) is 16.5. The van der Waals surface area contributed by atoms with Crippen LogP contribution in [0.2, 0.25) is 0 Å². The second-order valence-electron chi connectivity index (χ2n) is 8.07. The van der Waals surface area contributed by atoms with Crippen molar-refractivity contribution >= 4 is 31.6 Å². The number of hydrogen-bond donors (Lipinski definition) is 1. The third-order valence-corrected chi connectivity index (χ3v) is 8.66. The average molecular weight is 536 g/mol. The zero-order chi connectivity index (χ0) is 25.3. The number of alkyl halides is 3. The van der Waals surface area contributed by atoms with Crippen LogP contribution in [0.4, 0.5) is 24.7 Å². The molecular weight excluding hydrogens is 511 g/mol. The van der Waals surface area contributed by atoms with Gasteiger partial charge in [0.1, 0.15) is 5.82 Å². The highest BCUT2D eigenvalue weighted by molar-refractivity contribution is 7.92. The third kappa shape index (κ3) is 5.86. The van der Waals surface area contributed by atoms with Gasteiger partial charge in [0.15, 0.2) is 0 Å². The molecule has 2 aliphatic heterocycles. The summed E-state index contributed by atoms with van der Waals surface area (Å²) in [7, 11) is -9.13. The monoisotopic (exact) mass is 535 g/mol. The largest absolute Gasteiger partial charge is 0.501 e. The summed E-state index contributed by atoms with van der Waals surface area (Å²) in [5.41, 5.74) is -3.92. The topological polar surface area (TPSA) is 112 Å². The van der Waals surface area contributed by atoms with Crippen LogP contribution in [0.25, 0.3) is 0 Å². The molecule has 0 spiro atoms. The molecule has 35 heavy (non-hydrogen) atoms. The number of nitrogens with zero attached hydrogens (tertiary/aromatic N) is 4. The van der Waals surface area contributed by atoms with Crippen molar-refractivity contribution in [3.05, 3.63) is 48.2 Å². The Morgan fingerprint density at radius 3 is 2.31 bits per heavy atom. The number of aromatic nitrogens is 1. The Bertz CT molecular complexity index is 1250. The van der Waals surface area contributed by atoms with Crippen LogP contribution in [-0.2, 0) is 31.3 Å². The van der Waals surface area contributed by atoms with E-state index < -0.39 is 30.5 Å². The van der Waals surface area contributed by atoms with Gasteiger partial charge in [-0.05, 0) is 42.0 Å². The van der Waals surface area contributed by atoms with E-state index in [1.165, 1.54) is 22.6 Å².